The van der Waals surface area contributed by atoms with Gasteiger partial charge in [0, 0.05) is 49.9 Å². The molecule has 0 unspecified atom stereocenters. The van der Waals surface area contributed by atoms with Gasteiger partial charge in [-0.25, -0.2) is 9.97 Å². The zero-order valence-corrected chi connectivity index (χ0v) is 14.5. The fourth-order valence-corrected chi connectivity index (χ4v) is 4.13. The van der Waals surface area contributed by atoms with Gasteiger partial charge in [-0.1, -0.05) is 6.08 Å². The Morgan fingerprint density at radius 2 is 2.24 bits per heavy atom. The molecule has 4 rings (SSSR count). The van der Waals surface area contributed by atoms with Crippen LogP contribution < -0.4 is 10.2 Å². The maximum Gasteiger partial charge on any atom is 0.234 e. The molecule has 1 aromatic heterocycles. The summed E-state index contributed by atoms with van der Waals surface area (Å²) in [4.78, 5) is 26.1. The van der Waals surface area contributed by atoms with E-state index in [1.165, 1.54) is 5.56 Å². The Morgan fingerprint density at radius 3 is 3.04 bits per heavy atom. The van der Waals surface area contributed by atoms with Gasteiger partial charge in [0.1, 0.15) is 0 Å². The number of ether oxygens (including phenoxy) is 1. The normalized spacial score (nSPS) is 25.5. The third-order valence-corrected chi connectivity index (χ3v) is 5.38. The summed E-state index contributed by atoms with van der Waals surface area (Å²) in [7, 11) is 0. The Balaban J connectivity index is 1.50. The van der Waals surface area contributed by atoms with Crippen molar-refractivity contribution < 1.29 is 9.53 Å². The van der Waals surface area contributed by atoms with Gasteiger partial charge in [0.15, 0.2) is 0 Å². The molecule has 1 N–H and O–H groups in total. The van der Waals surface area contributed by atoms with E-state index in [0.29, 0.717) is 19.1 Å². The number of nitrogens with zero attached hydrogens (tertiary/aromatic N) is 4. The number of anilines is 1. The van der Waals surface area contributed by atoms with Crippen molar-refractivity contribution >= 4 is 11.9 Å². The van der Waals surface area contributed by atoms with Crippen LogP contribution in [0.25, 0.3) is 0 Å². The lowest BCUT2D eigenvalue weighted by Gasteiger charge is -2.35. The van der Waals surface area contributed by atoms with Gasteiger partial charge in [0.2, 0.25) is 11.9 Å². The van der Waals surface area contributed by atoms with Gasteiger partial charge in [0.05, 0.1) is 25.5 Å². The number of hydrogen-bond donors (Lipinski definition) is 1. The molecule has 0 aliphatic carbocycles. The largest absolute Gasteiger partial charge is 0.378 e. The topological polar surface area (TPSA) is 70.6 Å². The molecule has 134 valence electrons. The van der Waals surface area contributed by atoms with Crippen LogP contribution >= 0.6 is 0 Å². The lowest BCUT2D eigenvalue weighted by molar-refractivity contribution is -0.122. The van der Waals surface area contributed by atoms with Gasteiger partial charge in [-0.3, -0.25) is 9.69 Å². The molecule has 2 bridgehead atoms. The summed E-state index contributed by atoms with van der Waals surface area (Å²) in [6.45, 7) is 7.77. The Morgan fingerprint density at radius 1 is 1.40 bits per heavy atom. The van der Waals surface area contributed by atoms with Crippen molar-refractivity contribution in [2.24, 2.45) is 0 Å². The maximum atomic E-state index is 12.1. The first kappa shape index (κ1) is 16.5. The van der Waals surface area contributed by atoms with E-state index in [1.54, 1.807) is 6.08 Å². The molecule has 2 fully saturated rings. The van der Waals surface area contributed by atoms with Crippen LogP contribution in [-0.2, 0) is 16.0 Å². The van der Waals surface area contributed by atoms with E-state index in [1.807, 2.05) is 6.20 Å². The smallest absolute Gasteiger partial charge is 0.234 e. The monoisotopic (exact) mass is 343 g/mol. The molecule has 1 aromatic rings. The average molecular weight is 343 g/mol. The molecule has 1 amide bonds. The minimum absolute atomic E-state index is 0.0612. The first-order valence-electron chi connectivity index (χ1n) is 9.08. The van der Waals surface area contributed by atoms with Gasteiger partial charge in [-0.15, -0.1) is 6.58 Å². The zero-order valence-electron chi connectivity index (χ0n) is 14.5. The van der Waals surface area contributed by atoms with E-state index in [9.17, 15) is 4.79 Å². The first-order chi connectivity index (χ1) is 12.3. The van der Waals surface area contributed by atoms with Gasteiger partial charge in [0.25, 0.3) is 0 Å². The summed E-state index contributed by atoms with van der Waals surface area (Å²) in [5, 5.41) is 2.88. The summed E-state index contributed by atoms with van der Waals surface area (Å²) < 4.78 is 5.41. The predicted octanol–water partition coefficient (Wildman–Crippen LogP) is 0.677. The van der Waals surface area contributed by atoms with E-state index in [0.717, 1.165) is 57.2 Å². The lowest BCUT2D eigenvalue weighted by atomic mass is 9.99. The van der Waals surface area contributed by atoms with Crippen molar-refractivity contribution in [1.82, 2.24) is 20.2 Å². The van der Waals surface area contributed by atoms with Gasteiger partial charge >= 0.3 is 0 Å². The second-order valence-corrected chi connectivity index (χ2v) is 6.89. The van der Waals surface area contributed by atoms with Crippen molar-refractivity contribution in [2.75, 3.05) is 44.3 Å². The number of fused-ring (bicyclic) bond motifs is 4. The molecular weight excluding hydrogens is 318 g/mol. The molecule has 0 saturated carbocycles. The van der Waals surface area contributed by atoms with Crippen molar-refractivity contribution in [3.8, 4) is 0 Å². The number of aromatic nitrogens is 2. The van der Waals surface area contributed by atoms with E-state index in [2.05, 4.69) is 26.7 Å². The van der Waals surface area contributed by atoms with E-state index < -0.39 is 0 Å². The summed E-state index contributed by atoms with van der Waals surface area (Å²) in [5.74, 6) is 0.879. The second kappa shape index (κ2) is 7.09. The average Bonchev–Trinajstić information content (AvgIpc) is 2.92. The number of carbonyl (C=O) groups excluding carboxylic acids is 1. The predicted molar refractivity (Wildman–Crippen MR) is 94.4 cm³/mol. The van der Waals surface area contributed by atoms with Crippen molar-refractivity contribution in [2.45, 2.75) is 31.3 Å². The maximum absolute atomic E-state index is 12.1. The van der Waals surface area contributed by atoms with Crippen LogP contribution in [0, 0.1) is 0 Å². The molecule has 2 atom stereocenters. The van der Waals surface area contributed by atoms with Crippen LogP contribution in [0.3, 0.4) is 0 Å². The fourth-order valence-electron chi connectivity index (χ4n) is 4.13. The van der Waals surface area contributed by atoms with Crippen LogP contribution in [0.5, 0.6) is 0 Å². The van der Waals surface area contributed by atoms with Gasteiger partial charge in [-0.2, -0.15) is 0 Å². The molecule has 4 heterocycles. The minimum atomic E-state index is 0.0612. The highest BCUT2D eigenvalue weighted by Crippen LogP contribution is 2.42. The van der Waals surface area contributed by atoms with Crippen LogP contribution in [-0.4, -0.2) is 66.2 Å². The summed E-state index contributed by atoms with van der Waals surface area (Å²) in [6, 6.07) is 0.668. The quantitative estimate of drug-likeness (QED) is 0.793. The SMILES string of the molecule is C=CCNC(=O)CN1[C@H]2CC[C@H]1c1cnc(N3CCOCC3)nc1C2. The lowest BCUT2D eigenvalue weighted by Crippen LogP contribution is -2.44. The molecule has 3 aliphatic heterocycles. The molecule has 0 aromatic carbocycles. The van der Waals surface area contributed by atoms with Gasteiger partial charge < -0.3 is 15.0 Å². The summed E-state index contributed by atoms with van der Waals surface area (Å²) in [6.07, 6.45) is 6.78. The second-order valence-electron chi connectivity index (χ2n) is 6.89. The van der Waals surface area contributed by atoms with Crippen molar-refractivity contribution in [3.05, 3.63) is 30.1 Å². The summed E-state index contributed by atoms with van der Waals surface area (Å²) >= 11 is 0. The molecule has 7 nitrogen and oxygen atoms in total. The highest BCUT2D eigenvalue weighted by molar-refractivity contribution is 5.78. The molecule has 2 saturated heterocycles. The fraction of sp³-hybridized carbons (Fsp3) is 0.611. The van der Waals surface area contributed by atoms with Crippen LogP contribution in [0.1, 0.15) is 30.1 Å². The zero-order chi connectivity index (χ0) is 17.2. The van der Waals surface area contributed by atoms with Crippen LogP contribution in [0.4, 0.5) is 5.95 Å². The van der Waals surface area contributed by atoms with E-state index >= 15 is 0 Å². The standard InChI is InChI=1S/C18H25N5O2/c1-2-5-19-17(24)12-23-13-3-4-16(23)14-11-20-18(21-15(14)10-13)22-6-8-25-9-7-22/h2,11,13,16H,1,3-10,12H2,(H,19,24)/t13-,16-/m0/s1. The minimum Gasteiger partial charge on any atom is -0.378 e. The molecule has 7 heteroatoms. The number of nitrogens with one attached hydrogen (secondary N) is 1. The highest BCUT2D eigenvalue weighted by Gasteiger charge is 2.41. The molecule has 3 aliphatic rings. The number of carbonyl (C=O) groups is 1. The molecular formula is C18H25N5O2. The van der Waals surface area contributed by atoms with Crippen LogP contribution in [0.2, 0.25) is 0 Å². The Hall–Kier alpha value is -1.99. The number of morpholine rings is 1. The Kier molecular flexibility index (Phi) is 4.67. The van der Waals surface area contributed by atoms with E-state index in [4.69, 9.17) is 9.72 Å². The van der Waals surface area contributed by atoms with Crippen molar-refractivity contribution in [3.63, 3.8) is 0 Å². The Labute approximate surface area is 148 Å². The third-order valence-electron chi connectivity index (χ3n) is 5.38. The molecule has 0 radical (unpaired) electrons. The number of amides is 1. The van der Waals surface area contributed by atoms with Crippen molar-refractivity contribution in [1.29, 1.82) is 0 Å². The molecule has 0 spiro atoms. The van der Waals surface area contributed by atoms with E-state index in [-0.39, 0.29) is 11.9 Å². The number of hydrogen-bond acceptors (Lipinski definition) is 6. The first-order valence-corrected chi connectivity index (χ1v) is 9.08. The molecule has 25 heavy (non-hydrogen) atoms. The summed E-state index contributed by atoms with van der Waals surface area (Å²) in [5.41, 5.74) is 2.36. The number of rotatable bonds is 5. The third kappa shape index (κ3) is 3.26. The Bertz CT molecular complexity index is 659. The van der Waals surface area contributed by atoms with Gasteiger partial charge in [-0.05, 0) is 12.8 Å². The highest BCUT2D eigenvalue weighted by atomic mass is 16.5. The van der Waals surface area contributed by atoms with Crippen LogP contribution in [0.15, 0.2) is 18.9 Å².